The molecule has 4 rings (SSSR count). The van der Waals surface area contributed by atoms with Crippen molar-refractivity contribution in [3.63, 3.8) is 0 Å². The lowest BCUT2D eigenvalue weighted by Gasteiger charge is -2.23. The van der Waals surface area contributed by atoms with Gasteiger partial charge >= 0.3 is 17.8 Å². The SMILES string of the molecule is CCCCOc1ccc(C(O)=C2C(=O)C(=O)N(c3nc(C)c(C(=O)OCC(C)C)s3)[C@H]2c2ccc(C(=O)OC)cc2)cc1. The molecule has 1 fully saturated rings. The Morgan fingerprint density at radius 3 is 2.28 bits per heavy atom. The minimum atomic E-state index is -1.10. The third-order valence-electron chi connectivity index (χ3n) is 6.71. The molecule has 0 bridgehead atoms. The predicted molar refractivity (Wildman–Crippen MR) is 161 cm³/mol. The van der Waals surface area contributed by atoms with Crippen molar-refractivity contribution in [2.24, 2.45) is 5.92 Å². The van der Waals surface area contributed by atoms with Crippen LogP contribution in [0.2, 0.25) is 0 Å². The summed E-state index contributed by atoms with van der Waals surface area (Å²) in [4.78, 5) is 57.7. The molecule has 0 spiro atoms. The molecular formula is C32H34N2O8S. The molecular weight excluding hydrogens is 572 g/mol. The maximum Gasteiger partial charge on any atom is 0.350 e. The van der Waals surface area contributed by atoms with Gasteiger partial charge < -0.3 is 19.3 Å². The number of nitrogens with zero attached hydrogens (tertiary/aromatic N) is 2. The summed E-state index contributed by atoms with van der Waals surface area (Å²) in [6.45, 7) is 8.27. The Balaban J connectivity index is 1.80. The van der Waals surface area contributed by atoms with Gasteiger partial charge in [0.05, 0.1) is 43.2 Å². The predicted octanol–water partition coefficient (Wildman–Crippen LogP) is 5.86. The summed E-state index contributed by atoms with van der Waals surface area (Å²) in [5.74, 6) is -2.62. The third kappa shape index (κ3) is 6.77. The molecule has 2 heterocycles. The highest BCUT2D eigenvalue weighted by Gasteiger charge is 2.48. The summed E-state index contributed by atoms with van der Waals surface area (Å²) >= 11 is 0.926. The molecule has 1 N–H and O–H groups in total. The smallest absolute Gasteiger partial charge is 0.350 e. The number of hydrogen-bond acceptors (Lipinski definition) is 10. The zero-order chi connectivity index (χ0) is 31.3. The van der Waals surface area contributed by atoms with E-state index >= 15 is 0 Å². The molecule has 10 nitrogen and oxygen atoms in total. The maximum absolute atomic E-state index is 13.6. The molecule has 0 aliphatic carbocycles. The number of carbonyl (C=O) groups is 4. The van der Waals surface area contributed by atoms with E-state index in [9.17, 15) is 24.3 Å². The van der Waals surface area contributed by atoms with Crippen LogP contribution >= 0.6 is 11.3 Å². The van der Waals surface area contributed by atoms with Crippen LogP contribution in [-0.2, 0) is 19.1 Å². The van der Waals surface area contributed by atoms with E-state index < -0.39 is 29.7 Å². The lowest BCUT2D eigenvalue weighted by Crippen LogP contribution is -2.29. The molecule has 1 aliphatic rings. The first kappa shape index (κ1) is 31.4. The van der Waals surface area contributed by atoms with Gasteiger partial charge in [-0.05, 0) is 61.2 Å². The second-order valence-corrected chi connectivity index (χ2v) is 11.4. The number of methoxy groups -OCH3 is 1. The van der Waals surface area contributed by atoms with E-state index in [-0.39, 0.29) is 39.4 Å². The zero-order valence-corrected chi connectivity index (χ0v) is 25.5. The first-order chi connectivity index (χ1) is 20.6. The molecule has 2 aromatic carbocycles. The number of aliphatic hydroxyl groups is 1. The fourth-order valence-electron chi connectivity index (χ4n) is 4.45. The van der Waals surface area contributed by atoms with Crippen molar-refractivity contribution in [3.05, 3.63) is 81.4 Å². The van der Waals surface area contributed by atoms with Crippen molar-refractivity contribution >= 4 is 45.9 Å². The minimum Gasteiger partial charge on any atom is -0.507 e. The molecule has 1 amide bonds. The Labute approximate surface area is 253 Å². The Kier molecular flexibility index (Phi) is 9.97. The second kappa shape index (κ2) is 13.6. The normalized spacial score (nSPS) is 16.0. The van der Waals surface area contributed by atoms with Gasteiger partial charge in [0.1, 0.15) is 16.4 Å². The first-order valence-corrected chi connectivity index (χ1v) is 14.8. The summed E-state index contributed by atoms with van der Waals surface area (Å²) in [6.07, 6.45) is 1.88. The summed E-state index contributed by atoms with van der Waals surface area (Å²) in [7, 11) is 1.26. The van der Waals surface area contributed by atoms with Crippen molar-refractivity contribution in [2.45, 2.75) is 46.6 Å². The molecule has 226 valence electrons. The van der Waals surface area contributed by atoms with Gasteiger partial charge in [0.2, 0.25) is 0 Å². The van der Waals surface area contributed by atoms with Crippen LogP contribution < -0.4 is 9.64 Å². The number of rotatable bonds is 11. The number of aromatic nitrogens is 1. The fraction of sp³-hybridized carbons (Fsp3) is 0.344. The van der Waals surface area contributed by atoms with Crippen molar-refractivity contribution in [3.8, 4) is 5.75 Å². The summed E-state index contributed by atoms with van der Waals surface area (Å²) < 4.78 is 15.9. The maximum atomic E-state index is 13.6. The number of benzene rings is 2. The number of aryl methyl sites for hydroxylation is 1. The van der Waals surface area contributed by atoms with Gasteiger partial charge in [-0.3, -0.25) is 14.5 Å². The van der Waals surface area contributed by atoms with E-state index in [2.05, 4.69) is 11.9 Å². The first-order valence-electron chi connectivity index (χ1n) is 13.9. The Bertz CT molecular complexity index is 1540. The average Bonchev–Trinajstić information content (AvgIpc) is 3.51. The average molecular weight is 607 g/mol. The number of aliphatic hydroxyl groups excluding tert-OH is 1. The van der Waals surface area contributed by atoms with Crippen molar-refractivity contribution in [2.75, 3.05) is 25.2 Å². The molecule has 1 aliphatic heterocycles. The van der Waals surface area contributed by atoms with Crippen LogP contribution in [0.5, 0.6) is 5.75 Å². The van der Waals surface area contributed by atoms with Crippen molar-refractivity contribution in [1.29, 1.82) is 0 Å². The largest absolute Gasteiger partial charge is 0.507 e. The molecule has 1 atom stereocenters. The van der Waals surface area contributed by atoms with E-state index in [1.54, 1.807) is 43.3 Å². The molecule has 0 radical (unpaired) electrons. The topological polar surface area (TPSA) is 132 Å². The second-order valence-electron chi connectivity index (χ2n) is 10.4. The third-order valence-corrected chi connectivity index (χ3v) is 7.85. The molecule has 0 unspecified atom stereocenters. The lowest BCUT2D eigenvalue weighted by atomic mass is 9.94. The molecule has 3 aromatic rings. The van der Waals surface area contributed by atoms with Gasteiger partial charge in [0, 0.05) is 5.56 Å². The van der Waals surface area contributed by atoms with Crippen molar-refractivity contribution in [1.82, 2.24) is 4.98 Å². The number of unbranched alkanes of at least 4 members (excludes halogenated alkanes) is 1. The number of anilines is 1. The van der Waals surface area contributed by atoms with Crippen LogP contribution in [-0.4, -0.2) is 54.0 Å². The standard InChI is InChI=1S/C32H34N2O8S/c1-6-7-16-41-23-14-12-21(13-15-23)26(35)24-25(20-8-10-22(11-9-20)30(38)40-5)34(29(37)27(24)36)32-33-19(4)28(43-32)31(39)42-17-18(2)3/h8-15,18,25,35H,6-7,16-17H2,1-5H3/t25-/m0/s1. The fourth-order valence-corrected chi connectivity index (χ4v) is 5.43. The Morgan fingerprint density at radius 1 is 1.02 bits per heavy atom. The van der Waals surface area contributed by atoms with E-state index in [0.717, 1.165) is 24.2 Å². The Hall–Kier alpha value is -4.51. The monoisotopic (exact) mass is 606 g/mol. The number of ether oxygens (including phenoxy) is 3. The molecule has 43 heavy (non-hydrogen) atoms. The van der Waals surface area contributed by atoms with Crippen LogP contribution in [0.25, 0.3) is 5.76 Å². The van der Waals surface area contributed by atoms with Crippen LogP contribution in [0.15, 0.2) is 54.1 Å². The molecule has 11 heteroatoms. The highest BCUT2D eigenvalue weighted by molar-refractivity contribution is 7.17. The highest BCUT2D eigenvalue weighted by Crippen LogP contribution is 2.44. The number of thiazole rings is 1. The van der Waals surface area contributed by atoms with E-state index in [1.165, 1.54) is 24.1 Å². The van der Waals surface area contributed by atoms with Crippen LogP contribution in [0.3, 0.4) is 0 Å². The van der Waals surface area contributed by atoms with Crippen LogP contribution in [0, 0.1) is 12.8 Å². The number of hydrogen-bond donors (Lipinski definition) is 1. The van der Waals surface area contributed by atoms with Crippen LogP contribution in [0.4, 0.5) is 5.13 Å². The van der Waals surface area contributed by atoms with Crippen LogP contribution in [0.1, 0.15) is 76.5 Å². The van der Waals surface area contributed by atoms with Gasteiger partial charge in [0.25, 0.3) is 5.78 Å². The van der Waals surface area contributed by atoms with Gasteiger partial charge in [-0.1, -0.05) is 50.7 Å². The zero-order valence-electron chi connectivity index (χ0n) is 24.7. The van der Waals surface area contributed by atoms with Crippen molar-refractivity contribution < 1.29 is 38.5 Å². The summed E-state index contributed by atoms with van der Waals surface area (Å²) in [5.41, 5.74) is 1.19. The highest BCUT2D eigenvalue weighted by atomic mass is 32.1. The van der Waals surface area contributed by atoms with Gasteiger partial charge in [-0.2, -0.15) is 0 Å². The van der Waals surface area contributed by atoms with Gasteiger partial charge in [-0.15, -0.1) is 0 Å². The number of esters is 2. The van der Waals surface area contributed by atoms with E-state index in [0.29, 0.717) is 29.2 Å². The molecule has 0 saturated carbocycles. The quantitative estimate of drug-likeness (QED) is 0.0937. The summed E-state index contributed by atoms with van der Waals surface area (Å²) in [5, 5.41) is 11.5. The van der Waals surface area contributed by atoms with Gasteiger partial charge in [0.15, 0.2) is 5.13 Å². The number of Topliss-reactive ketones (excluding diaryl/α,β-unsaturated/α-hetero) is 1. The van der Waals surface area contributed by atoms with Gasteiger partial charge in [-0.25, -0.2) is 14.6 Å². The number of carbonyl (C=O) groups excluding carboxylic acids is 4. The Morgan fingerprint density at radius 2 is 1.67 bits per heavy atom. The lowest BCUT2D eigenvalue weighted by molar-refractivity contribution is -0.132. The van der Waals surface area contributed by atoms with E-state index in [4.69, 9.17) is 14.2 Å². The minimum absolute atomic E-state index is 0.0943. The molecule has 1 saturated heterocycles. The number of ketones is 1. The molecule has 1 aromatic heterocycles. The summed E-state index contributed by atoms with van der Waals surface area (Å²) in [6, 6.07) is 11.6. The van der Waals surface area contributed by atoms with E-state index in [1.807, 2.05) is 13.8 Å². The number of amides is 1.